The zero-order valence-electron chi connectivity index (χ0n) is 10.5. The van der Waals surface area contributed by atoms with E-state index in [0.717, 1.165) is 11.3 Å². The average Bonchev–Trinajstić information content (AvgIpc) is 2.39. The predicted molar refractivity (Wildman–Crippen MR) is 72.1 cm³/mol. The molecule has 2 rings (SSSR count). The number of hydrogen-bond acceptors (Lipinski definition) is 5. The maximum atomic E-state index is 10.7. The van der Waals surface area contributed by atoms with Crippen LogP contribution in [0.25, 0.3) is 0 Å². The molecule has 0 bridgehead atoms. The van der Waals surface area contributed by atoms with Crippen LogP contribution in [0.4, 0.5) is 11.6 Å². The molecule has 0 unspecified atom stereocenters. The minimum Gasteiger partial charge on any atom is -0.354 e. The molecular formula is C13H14N4O2. The Hall–Kier alpha value is -2.50. The number of rotatable bonds is 5. The zero-order valence-corrected chi connectivity index (χ0v) is 10.5. The van der Waals surface area contributed by atoms with Crippen LogP contribution in [0.3, 0.4) is 0 Å². The lowest BCUT2D eigenvalue weighted by molar-refractivity contribution is -0.384. The van der Waals surface area contributed by atoms with E-state index >= 15 is 0 Å². The first-order valence-electron chi connectivity index (χ1n) is 5.92. The number of non-ortho nitro benzene ring substituents is 1. The highest BCUT2D eigenvalue weighted by Gasteiger charge is 2.05. The van der Waals surface area contributed by atoms with Gasteiger partial charge in [0.2, 0.25) is 5.95 Å². The Morgan fingerprint density at radius 2 is 2.21 bits per heavy atom. The molecule has 98 valence electrons. The largest absolute Gasteiger partial charge is 0.354 e. The van der Waals surface area contributed by atoms with E-state index in [1.807, 2.05) is 19.1 Å². The Bertz CT molecular complexity index is 586. The average molecular weight is 258 g/mol. The van der Waals surface area contributed by atoms with Crippen LogP contribution in [0.1, 0.15) is 11.3 Å². The van der Waals surface area contributed by atoms with Gasteiger partial charge in [-0.15, -0.1) is 0 Å². The van der Waals surface area contributed by atoms with Gasteiger partial charge in [0.05, 0.1) is 4.92 Å². The van der Waals surface area contributed by atoms with Crippen LogP contribution in [-0.2, 0) is 6.42 Å². The molecule has 0 fully saturated rings. The summed E-state index contributed by atoms with van der Waals surface area (Å²) in [6.07, 6.45) is 2.37. The van der Waals surface area contributed by atoms with Crippen molar-refractivity contribution in [2.45, 2.75) is 13.3 Å². The normalized spacial score (nSPS) is 10.2. The summed E-state index contributed by atoms with van der Waals surface area (Å²) in [5.41, 5.74) is 1.92. The van der Waals surface area contributed by atoms with Crippen molar-refractivity contribution < 1.29 is 4.92 Å². The summed E-state index contributed by atoms with van der Waals surface area (Å²) in [5, 5.41) is 13.7. The number of nitrogens with zero attached hydrogens (tertiary/aromatic N) is 3. The summed E-state index contributed by atoms with van der Waals surface area (Å²) in [6, 6.07) is 8.45. The van der Waals surface area contributed by atoms with Crippen LogP contribution in [0.5, 0.6) is 0 Å². The highest BCUT2D eigenvalue weighted by atomic mass is 16.6. The molecular weight excluding hydrogens is 244 g/mol. The van der Waals surface area contributed by atoms with E-state index in [-0.39, 0.29) is 10.6 Å². The molecule has 1 N–H and O–H groups in total. The molecule has 6 heteroatoms. The molecule has 0 spiro atoms. The van der Waals surface area contributed by atoms with Crippen molar-refractivity contribution in [1.82, 2.24) is 9.97 Å². The minimum atomic E-state index is -0.388. The topological polar surface area (TPSA) is 81.0 Å². The van der Waals surface area contributed by atoms with E-state index < -0.39 is 0 Å². The van der Waals surface area contributed by atoms with Crippen molar-refractivity contribution in [3.63, 3.8) is 0 Å². The standard InChI is InChI=1S/C13H14N4O2/c1-10-5-7-14-13(16-10)15-8-6-11-3-2-4-12(9-11)17(18)19/h2-5,7,9H,6,8H2,1H3,(H,14,15,16). The molecule has 0 amide bonds. The number of nitro benzene ring substituents is 1. The molecule has 0 saturated carbocycles. The fourth-order valence-electron chi connectivity index (χ4n) is 1.68. The number of nitrogens with one attached hydrogen (secondary N) is 1. The van der Waals surface area contributed by atoms with Gasteiger partial charge in [-0.1, -0.05) is 12.1 Å². The van der Waals surface area contributed by atoms with Gasteiger partial charge in [0.15, 0.2) is 0 Å². The van der Waals surface area contributed by atoms with E-state index in [9.17, 15) is 10.1 Å². The van der Waals surface area contributed by atoms with Crippen LogP contribution in [0.2, 0.25) is 0 Å². The monoisotopic (exact) mass is 258 g/mol. The third kappa shape index (κ3) is 3.74. The highest BCUT2D eigenvalue weighted by Crippen LogP contribution is 2.13. The van der Waals surface area contributed by atoms with Gasteiger partial charge < -0.3 is 5.32 Å². The predicted octanol–water partition coefficient (Wildman–Crippen LogP) is 2.35. The van der Waals surface area contributed by atoms with Crippen molar-refractivity contribution in [2.75, 3.05) is 11.9 Å². The molecule has 0 atom stereocenters. The molecule has 1 heterocycles. The SMILES string of the molecule is Cc1ccnc(NCCc2cccc([N+](=O)[O-])c2)n1. The van der Waals surface area contributed by atoms with Gasteiger partial charge in [0.25, 0.3) is 5.69 Å². The number of nitro groups is 1. The number of aromatic nitrogens is 2. The van der Waals surface area contributed by atoms with E-state index in [0.29, 0.717) is 18.9 Å². The smallest absolute Gasteiger partial charge is 0.269 e. The molecule has 6 nitrogen and oxygen atoms in total. The molecule has 0 saturated heterocycles. The number of hydrogen-bond donors (Lipinski definition) is 1. The van der Waals surface area contributed by atoms with Crippen LogP contribution in [0, 0.1) is 17.0 Å². The second kappa shape index (κ2) is 5.90. The van der Waals surface area contributed by atoms with Gasteiger partial charge >= 0.3 is 0 Å². The summed E-state index contributed by atoms with van der Waals surface area (Å²) in [4.78, 5) is 18.6. The third-order valence-corrected chi connectivity index (χ3v) is 2.61. The van der Waals surface area contributed by atoms with Crippen molar-refractivity contribution in [3.05, 3.63) is 57.9 Å². The van der Waals surface area contributed by atoms with E-state index in [2.05, 4.69) is 15.3 Å². The van der Waals surface area contributed by atoms with Crippen molar-refractivity contribution in [3.8, 4) is 0 Å². The second-order valence-electron chi connectivity index (χ2n) is 4.13. The van der Waals surface area contributed by atoms with Crippen LogP contribution in [0.15, 0.2) is 36.5 Å². The lowest BCUT2D eigenvalue weighted by Crippen LogP contribution is -2.08. The second-order valence-corrected chi connectivity index (χ2v) is 4.13. The van der Waals surface area contributed by atoms with Gasteiger partial charge in [0.1, 0.15) is 0 Å². The van der Waals surface area contributed by atoms with E-state index in [4.69, 9.17) is 0 Å². The first-order chi connectivity index (χ1) is 9.15. The van der Waals surface area contributed by atoms with Gasteiger partial charge in [-0.3, -0.25) is 10.1 Å². The first-order valence-corrected chi connectivity index (χ1v) is 5.92. The molecule has 0 aliphatic heterocycles. The Kier molecular flexibility index (Phi) is 4.02. The third-order valence-electron chi connectivity index (χ3n) is 2.61. The van der Waals surface area contributed by atoms with Gasteiger partial charge in [-0.25, -0.2) is 9.97 Å². The maximum absolute atomic E-state index is 10.7. The number of aryl methyl sites for hydroxylation is 1. The molecule has 0 radical (unpaired) electrons. The van der Waals surface area contributed by atoms with Gasteiger partial charge in [-0.2, -0.15) is 0 Å². The van der Waals surface area contributed by atoms with Crippen LogP contribution < -0.4 is 5.32 Å². The van der Waals surface area contributed by atoms with Crippen LogP contribution in [-0.4, -0.2) is 21.4 Å². The summed E-state index contributed by atoms with van der Waals surface area (Å²) >= 11 is 0. The summed E-state index contributed by atoms with van der Waals surface area (Å²) in [7, 11) is 0. The van der Waals surface area contributed by atoms with Crippen molar-refractivity contribution >= 4 is 11.6 Å². The molecule has 1 aromatic carbocycles. The Morgan fingerprint density at radius 1 is 1.37 bits per heavy atom. The van der Waals surface area contributed by atoms with Gasteiger partial charge in [-0.05, 0) is 25.0 Å². The molecule has 1 aromatic heterocycles. The molecule has 19 heavy (non-hydrogen) atoms. The Morgan fingerprint density at radius 3 is 2.95 bits per heavy atom. The van der Waals surface area contributed by atoms with Crippen molar-refractivity contribution in [1.29, 1.82) is 0 Å². The maximum Gasteiger partial charge on any atom is 0.269 e. The van der Waals surface area contributed by atoms with Crippen LogP contribution >= 0.6 is 0 Å². The fourth-order valence-corrected chi connectivity index (χ4v) is 1.68. The van der Waals surface area contributed by atoms with Gasteiger partial charge in [0, 0.05) is 30.6 Å². The van der Waals surface area contributed by atoms with Crippen molar-refractivity contribution in [2.24, 2.45) is 0 Å². The first kappa shape index (κ1) is 12.9. The quantitative estimate of drug-likeness (QED) is 0.657. The minimum absolute atomic E-state index is 0.115. The highest BCUT2D eigenvalue weighted by molar-refractivity contribution is 5.35. The summed E-state index contributed by atoms with van der Waals surface area (Å²) < 4.78 is 0. The molecule has 0 aliphatic carbocycles. The molecule has 2 aromatic rings. The summed E-state index contributed by atoms with van der Waals surface area (Å²) in [5.74, 6) is 0.574. The number of anilines is 1. The molecule has 0 aliphatic rings. The zero-order chi connectivity index (χ0) is 13.7. The Balaban J connectivity index is 1.92. The Labute approximate surface area is 110 Å². The van der Waals surface area contributed by atoms with E-state index in [1.54, 1.807) is 18.3 Å². The lowest BCUT2D eigenvalue weighted by Gasteiger charge is -2.05. The number of benzene rings is 1. The summed E-state index contributed by atoms with van der Waals surface area (Å²) in [6.45, 7) is 2.53. The van der Waals surface area contributed by atoms with E-state index in [1.165, 1.54) is 6.07 Å². The lowest BCUT2D eigenvalue weighted by atomic mass is 10.1. The fraction of sp³-hybridized carbons (Fsp3) is 0.231.